The lowest BCUT2D eigenvalue weighted by Crippen LogP contribution is -2.06. The molecule has 0 saturated heterocycles. The molecule has 2 heterocycles. The summed E-state index contributed by atoms with van der Waals surface area (Å²) < 4.78 is 7.44. The standard InChI is InChI=1S/C17H19N3O/c1-12-11-13(6-7-15(12)21-2)17-14(8-9-18)20-10-4-3-5-16(20)19-17/h3-7,10-11H,8-9,18H2,1-2H3. The van der Waals surface area contributed by atoms with Gasteiger partial charge in [0.1, 0.15) is 11.4 Å². The average molecular weight is 281 g/mol. The molecule has 3 aromatic rings. The molecule has 0 saturated carbocycles. The van der Waals surface area contributed by atoms with Crippen LogP contribution in [0, 0.1) is 6.92 Å². The highest BCUT2D eigenvalue weighted by molar-refractivity contribution is 5.68. The lowest BCUT2D eigenvalue weighted by atomic mass is 10.1. The first kappa shape index (κ1) is 13.6. The highest BCUT2D eigenvalue weighted by Crippen LogP contribution is 2.28. The number of aromatic nitrogens is 2. The highest BCUT2D eigenvalue weighted by Gasteiger charge is 2.14. The summed E-state index contributed by atoms with van der Waals surface area (Å²) in [4.78, 5) is 4.76. The molecule has 3 rings (SSSR count). The number of nitrogens with zero attached hydrogens (tertiary/aromatic N) is 2. The Balaban J connectivity index is 2.19. The molecule has 0 spiro atoms. The predicted octanol–water partition coefficient (Wildman–Crippen LogP) is 2.82. The summed E-state index contributed by atoms with van der Waals surface area (Å²) in [5, 5.41) is 0. The Kier molecular flexibility index (Phi) is 3.62. The zero-order chi connectivity index (χ0) is 14.8. The van der Waals surface area contributed by atoms with Gasteiger partial charge in [-0.2, -0.15) is 0 Å². The Morgan fingerprint density at radius 2 is 2.10 bits per heavy atom. The van der Waals surface area contributed by atoms with Gasteiger partial charge in [0, 0.05) is 18.2 Å². The summed E-state index contributed by atoms with van der Waals surface area (Å²) >= 11 is 0. The van der Waals surface area contributed by atoms with Crippen LogP contribution in [0.5, 0.6) is 5.75 Å². The van der Waals surface area contributed by atoms with E-state index in [2.05, 4.69) is 10.5 Å². The van der Waals surface area contributed by atoms with Gasteiger partial charge in [-0.05, 0) is 49.4 Å². The SMILES string of the molecule is COc1ccc(-c2nc3ccccn3c2CCN)cc1C. The maximum absolute atomic E-state index is 5.77. The quantitative estimate of drug-likeness (QED) is 0.800. The van der Waals surface area contributed by atoms with Crippen molar-refractivity contribution in [2.75, 3.05) is 13.7 Å². The number of nitrogens with two attached hydrogens (primary N) is 1. The Morgan fingerprint density at radius 3 is 2.81 bits per heavy atom. The molecule has 2 N–H and O–H groups in total. The monoisotopic (exact) mass is 281 g/mol. The van der Waals surface area contributed by atoms with E-state index in [0.717, 1.165) is 40.3 Å². The largest absolute Gasteiger partial charge is 0.496 e. The van der Waals surface area contributed by atoms with Crippen LogP contribution in [-0.4, -0.2) is 23.0 Å². The third-order valence-electron chi connectivity index (χ3n) is 3.68. The molecule has 0 atom stereocenters. The number of methoxy groups -OCH3 is 1. The van der Waals surface area contributed by atoms with Gasteiger partial charge < -0.3 is 14.9 Å². The summed E-state index contributed by atoms with van der Waals surface area (Å²) in [6.07, 6.45) is 2.83. The molecular formula is C17H19N3O. The van der Waals surface area contributed by atoms with Crippen LogP contribution in [0.2, 0.25) is 0 Å². The van der Waals surface area contributed by atoms with E-state index in [1.807, 2.05) is 43.5 Å². The average Bonchev–Trinajstić information content (AvgIpc) is 2.87. The highest BCUT2D eigenvalue weighted by atomic mass is 16.5. The van der Waals surface area contributed by atoms with Crippen molar-refractivity contribution in [2.24, 2.45) is 5.73 Å². The Labute approximate surface area is 124 Å². The van der Waals surface area contributed by atoms with Crippen molar-refractivity contribution >= 4 is 5.65 Å². The third kappa shape index (κ3) is 2.38. The first-order valence-corrected chi connectivity index (χ1v) is 7.05. The molecule has 108 valence electrons. The molecule has 0 bridgehead atoms. The molecule has 0 amide bonds. The Bertz CT molecular complexity index is 777. The van der Waals surface area contributed by atoms with Gasteiger partial charge in [0.15, 0.2) is 0 Å². The molecule has 0 aliphatic rings. The minimum atomic E-state index is 0.602. The normalized spacial score (nSPS) is 11.0. The van der Waals surface area contributed by atoms with Crippen LogP contribution in [-0.2, 0) is 6.42 Å². The van der Waals surface area contributed by atoms with Crippen molar-refractivity contribution in [1.29, 1.82) is 0 Å². The van der Waals surface area contributed by atoms with Crippen molar-refractivity contribution in [3.05, 3.63) is 53.9 Å². The van der Waals surface area contributed by atoms with Crippen molar-refractivity contribution in [3.63, 3.8) is 0 Å². The number of rotatable bonds is 4. The van der Waals surface area contributed by atoms with Crippen LogP contribution >= 0.6 is 0 Å². The molecule has 0 unspecified atom stereocenters. The van der Waals surface area contributed by atoms with E-state index < -0.39 is 0 Å². The van der Waals surface area contributed by atoms with E-state index in [4.69, 9.17) is 15.5 Å². The third-order valence-corrected chi connectivity index (χ3v) is 3.68. The zero-order valence-electron chi connectivity index (χ0n) is 12.3. The van der Waals surface area contributed by atoms with E-state index in [-0.39, 0.29) is 0 Å². The van der Waals surface area contributed by atoms with Crippen LogP contribution in [0.1, 0.15) is 11.3 Å². The first-order valence-electron chi connectivity index (χ1n) is 7.05. The van der Waals surface area contributed by atoms with Crippen molar-refractivity contribution in [2.45, 2.75) is 13.3 Å². The second-order valence-corrected chi connectivity index (χ2v) is 5.06. The van der Waals surface area contributed by atoms with Crippen LogP contribution < -0.4 is 10.5 Å². The van der Waals surface area contributed by atoms with Crippen LogP contribution in [0.15, 0.2) is 42.6 Å². The zero-order valence-corrected chi connectivity index (χ0v) is 12.3. The number of pyridine rings is 1. The number of ether oxygens (including phenoxy) is 1. The first-order chi connectivity index (χ1) is 10.2. The van der Waals surface area contributed by atoms with Crippen LogP contribution in [0.4, 0.5) is 0 Å². The lowest BCUT2D eigenvalue weighted by molar-refractivity contribution is 0.412. The van der Waals surface area contributed by atoms with Gasteiger partial charge in [0.05, 0.1) is 18.5 Å². The molecule has 4 heteroatoms. The molecule has 1 aromatic carbocycles. The number of aryl methyl sites for hydroxylation is 1. The molecule has 4 nitrogen and oxygen atoms in total. The molecule has 0 radical (unpaired) electrons. The summed E-state index contributed by atoms with van der Waals surface area (Å²) in [6.45, 7) is 2.64. The van der Waals surface area contributed by atoms with Crippen molar-refractivity contribution in [3.8, 4) is 17.0 Å². The fourth-order valence-corrected chi connectivity index (χ4v) is 2.68. The lowest BCUT2D eigenvalue weighted by Gasteiger charge is -2.08. The number of fused-ring (bicyclic) bond motifs is 1. The molecule has 0 aliphatic heterocycles. The molecular weight excluding hydrogens is 262 g/mol. The van der Waals surface area contributed by atoms with E-state index >= 15 is 0 Å². The smallest absolute Gasteiger partial charge is 0.137 e. The summed E-state index contributed by atoms with van der Waals surface area (Å²) in [5.41, 5.74) is 11.1. The van der Waals surface area contributed by atoms with Crippen LogP contribution in [0.25, 0.3) is 16.9 Å². The number of imidazole rings is 1. The summed E-state index contributed by atoms with van der Waals surface area (Å²) in [6, 6.07) is 12.2. The van der Waals surface area contributed by atoms with Gasteiger partial charge in [-0.1, -0.05) is 6.07 Å². The van der Waals surface area contributed by atoms with Gasteiger partial charge in [-0.3, -0.25) is 0 Å². The maximum Gasteiger partial charge on any atom is 0.137 e. The fraction of sp³-hybridized carbons (Fsp3) is 0.235. The van der Waals surface area contributed by atoms with Crippen molar-refractivity contribution in [1.82, 2.24) is 9.38 Å². The van der Waals surface area contributed by atoms with Crippen molar-refractivity contribution < 1.29 is 4.74 Å². The van der Waals surface area contributed by atoms with Gasteiger partial charge in [0.2, 0.25) is 0 Å². The van der Waals surface area contributed by atoms with E-state index in [1.54, 1.807) is 7.11 Å². The van der Waals surface area contributed by atoms with E-state index in [1.165, 1.54) is 0 Å². The molecule has 2 aromatic heterocycles. The molecule has 0 aliphatic carbocycles. The summed E-state index contributed by atoms with van der Waals surface area (Å²) in [5.74, 6) is 0.892. The van der Waals surface area contributed by atoms with E-state index in [0.29, 0.717) is 6.54 Å². The minimum absolute atomic E-state index is 0.602. The molecule has 0 fully saturated rings. The number of hydrogen-bond donors (Lipinski definition) is 1. The van der Waals surface area contributed by atoms with E-state index in [9.17, 15) is 0 Å². The van der Waals surface area contributed by atoms with Gasteiger partial charge >= 0.3 is 0 Å². The topological polar surface area (TPSA) is 52.5 Å². The fourth-order valence-electron chi connectivity index (χ4n) is 2.68. The number of hydrogen-bond acceptors (Lipinski definition) is 3. The molecule has 21 heavy (non-hydrogen) atoms. The maximum atomic E-state index is 5.77. The van der Waals surface area contributed by atoms with Gasteiger partial charge in [0.25, 0.3) is 0 Å². The van der Waals surface area contributed by atoms with Crippen LogP contribution in [0.3, 0.4) is 0 Å². The second-order valence-electron chi connectivity index (χ2n) is 5.06. The Hall–Kier alpha value is -2.33. The second kappa shape index (κ2) is 5.58. The predicted molar refractivity (Wildman–Crippen MR) is 84.7 cm³/mol. The van der Waals surface area contributed by atoms with Gasteiger partial charge in [-0.25, -0.2) is 4.98 Å². The minimum Gasteiger partial charge on any atom is -0.496 e. The summed E-state index contributed by atoms with van der Waals surface area (Å²) in [7, 11) is 1.69. The number of benzene rings is 1. The van der Waals surface area contributed by atoms with Gasteiger partial charge in [-0.15, -0.1) is 0 Å². The Morgan fingerprint density at radius 1 is 1.24 bits per heavy atom.